The van der Waals surface area contributed by atoms with E-state index in [0.717, 1.165) is 0 Å². The molecule has 0 saturated heterocycles. The second-order valence-electron chi connectivity index (χ2n) is 5.28. The van der Waals surface area contributed by atoms with E-state index in [0.29, 0.717) is 24.5 Å². The number of nitrogens with one attached hydrogen (secondary N) is 3. The number of rotatable bonds is 10. The van der Waals surface area contributed by atoms with E-state index in [1.807, 2.05) is 13.0 Å². The maximum atomic E-state index is 12.2. The molecule has 0 unspecified atom stereocenters. The lowest BCUT2D eigenvalue weighted by molar-refractivity contribution is -0.127. The highest BCUT2D eigenvalue weighted by Gasteiger charge is 2.15. The third-order valence-corrected chi connectivity index (χ3v) is 3.38. The van der Waals surface area contributed by atoms with Gasteiger partial charge in [0.1, 0.15) is 5.75 Å². The van der Waals surface area contributed by atoms with Gasteiger partial charge in [0.15, 0.2) is 0 Å². The molecule has 0 aliphatic rings. The van der Waals surface area contributed by atoms with Crippen LogP contribution in [-0.2, 0) is 14.4 Å². The van der Waals surface area contributed by atoms with Crippen molar-refractivity contribution in [3.05, 3.63) is 24.3 Å². The molecule has 3 amide bonds. The zero-order valence-corrected chi connectivity index (χ0v) is 14.9. The number of hydrogen-bond donors (Lipinski definition) is 3. The van der Waals surface area contributed by atoms with E-state index >= 15 is 0 Å². The summed E-state index contributed by atoms with van der Waals surface area (Å²) in [4.78, 5) is 37.1. The first-order valence-corrected chi connectivity index (χ1v) is 8.18. The molecule has 8 heteroatoms. The highest BCUT2D eigenvalue weighted by atomic mass is 16.5. The van der Waals surface area contributed by atoms with Crippen molar-refractivity contribution in [2.24, 2.45) is 0 Å². The summed E-state index contributed by atoms with van der Waals surface area (Å²) < 4.78 is 5.19. The van der Waals surface area contributed by atoms with Gasteiger partial charge < -0.3 is 20.7 Å². The lowest BCUT2D eigenvalue weighted by Gasteiger charge is -2.19. The SMILES string of the molecule is CCNC(=O)CNC(=O)CN(CC)CC(=O)Nc1ccccc1OC. The average molecular weight is 350 g/mol. The van der Waals surface area contributed by atoms with E-state index in [4.69, 9.17) is 4.74 Å². The van der Waals surface area contributed by atoms with Crippen LogP contribution in [0.25, 0.3) is 0 Å². The summed E-state index contributed by atoms with van der Waals surface area (Å²) in [5.41, 5.74) is 0.576. The third-order valence-electron chi connectivity index (χ3n) is 3.38. The lowest BCUT2D eigenvalue weighted by Crippen LogP contribution is -2.44. The van der Waals surface area contributed by atoms with Gasteiger partial charge in [-0.25, -0.2) is 0 Å². The number of anilines is 1. The molecule has 0 bridgehead atoms. The Morgan fingerprint density at radius 2 is 1.68 bits per heavy atom. The van der Waals surface area contributed by atoms with Crippen molar-refractivity contribution in [1.82, 2.24) is 15.5 Å². The molecule has 0 saturated carbocycles. The van der Waals surface area contributed by atoms with Crippen LogP contribution in [0, 0.1) is 0 Å². The van der Waals surface area contributed by atoms with Crippen LogP contribution in [0.4, 0.5) is 5.69 Å². The molecule has 138 valence electrons. The number of methoxy groups -OCH3 is 1. The van der Waals surface area contributed by atoms with Crippen molar-refractivity contribution < 1.29 is 19.1 Å². The molecule has 8 nitrogen and oxygen atoms in total. The summed E-state index contributed by atoms with van der Waals surface area (Å²) >= 11 is 0. The first-order chi connectivity index (χ1) is 12.0. The van der Waals surface area contributed by atoms with E-state index in [2.05, 4.69) is 16.0 Å². The molecule has 3 N–H and O–H groups in total. The number of carbonyl (C=O) groups is 3. The summed E-state index contributed by atoms with van der Waals surface area (Å²) in [5.74, 6) is -0.229. The topological polar surface area (TPSA) is 99.8 Å². The smallest absolute Gasteiger partial charge is 0.239 e. The van der Waals surface area contributed by atoms with E-state index in [1.165, 1.54) is 7.11 Å². The summed E-state index contributed by atoms with van der Waals surface area (Å²) in [6.45, 7) is 4.72. The van der Waals surface area contributed by atoms with Gasteiger partial charge in [-0.05, 0) is 25.6 Å². The van der Waals surface area contributed by atoms with Crippen molar-refractivity contribution >= 4 is 23.4 Å². The van der Waals surface area contributed by atoms with Crippen LogP contribution in [0.15, 0.2) is 24.3 Å². The molecule has 0 spiro atoms. The minimum Gasteiger partial charge on any atom is -0.495 e. The number of hydrogen-bond acceptors (Lipinski definition) is 5. The Hall–Kier alpha value is -2.61. The largest absolute Gasteiger partial charge is 0.495 e. The minimum atomic E-state index is -0.307. The van der Waals surface area contributed by atoms with Crippen molar-refractivity contribution in [2.45, 2.75) is 13.8 Å². The van der Waals surface area contributed by atoms with Gasteiger partial charge in [0.05, 0.1) is 32.4 Å². The number of benzene rings is 1. The van der Waals surface area contributed by atoms with E-state index < -0.39 is 0 Å². The summed E-state index contributed by atoms with van der Waals surface area (Å²) in [5, 5.41) is 7.89. The predicted molar refractivity (Wildman–Crippen MR) is 95.4 cm³/mol. The normalized spacial score (nSPS) is 10.2. The van der Waals surface area contributed by atoms with Gasteiger partial charge in [-0.1, -0.05) is 19.1 Å². The average Bonchev–Trinajstić information content (AvgIpc) is 2.60. The van der Waals surface area contributed by atoms with Crippen LogP contribution in [0.1, 0.15) is 13.8 Å². The van der Waals surface area contributed by atoms with Crippen molar-refractivity contribution in [2.75, 3.05) is 45.2 Å². The first-order valence-electron chi connectivity index (χ1n) is 8.18. The Kier molecular flexibility index (Phi) is 9.02. The van der Waals surface area contributed by atoms with Gasteiger partial charge in [0, 0.05) is 6.54 Å². The highest BCUT2D eigenvalue weighted by Crippen LogP contribution is 2.22. The summed E-state index contributed by atoms with van der Waals surface area (Å²) in [7, 11) is 1.53. The summed E-state index contributed by atoms with van der Waals surface area (Å²) in [6.07, 6.45) is 0. The number of carbonyl (C=O) groups excluding carboxylic acids is 3. The Bertz CT molecular complexity index is 592. The zero-order valence-electron chi connectivity index (χ0n) is 14.9. The van der Waals surface area contributed by atoms with Crippen LogP contribution in [0.3, 0.4) is 0 Å². The maximum Gasteiger partial charge on any atom is 0.239 e. The third kappa shape index (κ3) is 7.67. The van der Waals surface area contributed by atoms with E-state index in [-0.39, 0.29) is 37.4 Å². The molecule has 0 heterocycles. The molecular formula is C17H26N4O4. The molecule has 0 fully saturated rings. The Morgan fingerprint density at radius 3 is 2.32 bits per heavy atom. The van der Waals surface area contributed by atoms with Crippen LogP contribution >= 0.6 is 0 Å². The van der Waals surface area contributed by atoms with Crippen LogP contribution in [0.5, 0.6) is 5.75 Å². The number of likely N-dealkylation sites (N-methyl/N-ethyl adjacent to an activating group) is 2. The molecule has 25 heavy (non-hydrogen) atoms. The van der Waals surface area contributed by atoms with Gasteiger partial charge >= 0.3 is 0 Å². The molecule has 0 aromatic heterocycles. The Labute approximate surface area is 147 Å². The van der Waals surface area contributed by atoms with Gasteiger partial charge in [-0.2, -0.15) is 0 Å². The second-order valence-corrected chi connectivity index (χ2v) is 5.28. The molecule has 1 aromatic carbocycles. The maximum absolute atomic E-state index is 12.2. The zero-order chi connectivity index (χ0) is 18.7. The predicted octanol–water partition coefficient (Wildman–Crippen LogP) is 0.208. The molecule has 0 atom stereocenters. The molecule has 1 aromatic rings. The van der Waals surface area contributed by atoms with Crippen LogP contribution < -0.4 is 20.7 Å². The molecular weight excluding hydrogens is 324 g/mol. The van der Waals surface area contributed by atoms with Crippen LogP contribution in [0.2, 0.25) is 0 Å². The monoisotopic (exact) mass is 350 g/mol. The van der Waals surface area contributed by atoms with Crippen LogP contribution in [-0.4, -0.2) is 62.5 Å². The fourth-order valence-corrected chi connectivity index (χ4v) is 2.12. The van der Waals surface area contributed by atoms with Gasteiger partial charge in [-0.3, -0.25) is 19.3 Å². The number of ether oxygens (including phenoxy) is 1. The van der Waals surface area contributed by atoms with Crippen molar-refractivity contribution in [3.8, 4) is 5.75 Å². The molecule has 1 rings (SSSR count). The number of amides is 3. The second kappa shape index (κ2) is 11.0. The van der Waals surface area contributed by atoms with Gasteiger partial charge in [-0.15, -0.1) is 0 Å². The number of para-hydroxylation sites is 2. The molecule has 0 aliphatic carbocycles. The highest BCUT2D eigenvalue weighted by molar-refractivity contribution is 5.94. The minimum absolute atomic E-state index is 0.0370. The molecule has 0 radical (unpaired) electrons. The fourth-order valence-electron chi connectivity index (χ4n) is 2.12. The lowest BCUT2D eigenvalue weighted by atomic mass is 10.3. The van der Waals surface area contributed by atoms with Gasteiger partial charge in [0.2, 0.25) is 17.7 Å². The van der Waals surface area contributed by atoms with E-state index in [9.17, 15) is 14.4 Å². The fraction of sp³-hybridized carbons (Fsp3) is 0.471. The van der Waals surface area contributed by atoms with Crippen molar-refractivity contribution in [1.29, 1.82) is 0 Å². The first kappa shape index (κ1) is 20.4. The standard InChI is InChI=1S/C17H26N4O4/c1-4-18-15(22)10-19-16(23)11-21(5-2)12-17(24)20-13-8-6-7-9-14(13)25-3/h6-9H,4-5,10-12H2,1-3H3,(H,18,22)(H,19,23)(H,20,24). The Balaban J connectivity index is 2.47. The summed E-state index contributed by atoms with van der Waals surface area (Å²) in [6, 6.07) is 7.10. The Morgan fingerprint density at radius 1 is 1.00 bits per heavy atom. The molecule has 0 aliphatic heterocycles. The number of nitrogens with zero attached hydrogens (tertiary/aromatic N) is 1. The van der Waals surface area contributed by atoms with Gasteiger partial charge in [0.25, 0.3) is 0 Å². The van der Waals surface area contributed by atoms with E-state index in [1.54, 1.807) is 30.0 Å². The van der Waals surface area contributed by atoms with Crippen molar-refractivity contribution in [3.63, 3.8) is 0 Å². The quantitative estimate of drug-likeness (QED) is 0.560.